The van der Waals surface area contributed by atoms with Crippen LogP contribution < -0.4 is 10.3 Å². The number of rotatable bonds is 3. The first-order valence-electron chi connectivity index (χ1n) is 8.50. The molecule has 0 aliphatic heterocycles. The van der Waals surface area contributed by atoms with Crippen molar-refractivity contribution in [3.05, 3.63) is 92.2 Å². The van der Waals surface area contributed by atoms with Crippen molar-refractivity contribution < 1.29 is 18.3 Å². The van der Waals surface area contributed by atoms with Crippen LogP contribution in [-0.4, -0.2) is 15.9 Å². The number of fused-ring (bicyclic) bond motifs is 1. The minimum Gasteiger partial charge on any atom is -0.420 e. The molecule has 150 valence electrons. The summed E-state index contributed by atoms with van der Waals surface area (Å²) in [4.78, 5) is 31.8. The molecule has 1 heterocycles. The van der Waals surface area contributed by atoms with Gasteiger partial charge in [0.1, 0.15) is 23.0 Å². The summed E-state index contributed by atoms with van der Waals surface area (Å²) in [6, 6.07) is 12.2. The van der Waals surface area contributed by atoms with Crippen LogP contribution in [0.15, 0.2) is 59.4 Å². The van der Waals surface area contributed by atoms with E-state index in [1.54, 1.807) is 24.3 Å². The summed E-state index contributed by atoms with van der Waals surface area (Å²) < 4.78 is 33.1. The molecule has 0 atom stereocenters. The fraction of sp³-hybridized carbons (Fsp3) is 0. The molecular formula is C21H10Cl2F2N2O3. The van der Waals surface area contributed by atoms with Crippen LogP contribution in [0.2, 0.25) is 10.0 Å². The Morgan fingerprint density at radius 3 is 2.43 bits per heavy atom. The van der Waals surface area contributed by atoms with Crippen LogP contribution in [0.1, 0.15) is 10.4 Å². The molecule has 0 radical (unpaired) electrons. The van der Waals surface area contributed by atoms with Gasteiger partial charge in [0.25, 0.3) is 5.56 Å². The Hall–Kier alpha value is -3.29. The highest BCUT2D eigenvalue weighted by molar-refractivity contribution is 6.36. The summed E-state index contributed by atoms with van der Waals surface area (Å²) in [5.41, 5.74) is -0.872. The summed E-state index contributed by atoms with van der Waals surface area (Å²) >= 11 is 12.3. The monoisotopic (exact) mass is 446 g/mol. The molecule has 9 heteroatoms. The largest absolute Gasteiger partial charge is 0.420 e. The molecule has 0 amide bonds. The Morgan fingerprint density at radius 1 is 1.00 bits per heavy atom. The van der Waals surface area contributed by atoms with Gasteiger partial charge in [-0.3, -0.25) is 4.79 Å². The highest BCUT2D eigenvalue weighted by Crippen LogP contribution is 2.38. The van der Waals surface area contributed by atoms with Gasteiger partial charge in [0.05, 0.1) is 21.5 Å². The van der Waals surface area contributed by atoms with Gasteiger partial charge in [-0.2, -0.15) is 0 Å². The van der Waals surface area contributed by atoms with E-state index in [4.69, 9.17) is 27.9 Å². The molecule has 4 aromatic rings. The van der Waals surface area contributed by atoms with E-state index in [1.165, 1.54) is 12.1 Å². The number of para-hydroxylation sites is 1. The zero-order valence-electron chi connectivity index (χ0n) is 14.9. The van der Waals surface area contributed by atoms with Crippen LogP contribution in [0, 0.1) is 11.6 Å². The molecule has 30 heavy (non-hydrogen) atoms. The van der Waals surface area contributed by atoms with Gasteiger partial charge in [-0.25, -0.2) is 18.6 Å². The zero-order valence-corrected chi connectivity index (χ0v) is 16.4. The molecule has 0 unspecified atom stereocenters. The first-order valence-corrected chi connectivity index (χ1v) is 9.25. The van der Waals surface area contributed by atoms with E-state index >= 15 is 0 Å². The van der Waals surface area contributed by atoms with Crippen molar-refractivity contribution in [2.45, 2.75) is 0 Å². The van der Waals surface area contributed by atoms with Crippen LogP contribution in [0.3, 0.4) is 0 Å². The van der Waals surface area contributed by atoms with E-state index in [0.717, 1.165) is 18.2 Å². The van der Waals surface area contributed by atoms with Gasteiger partial charge in [0.15, 0.2) is 5.75 Å². The van der Waals surface area contributed by atoms with Crippen molar-refractivity contribution in [3.8, 4) is 17.1 Å². The molecule has 0 fully saturated rings. The molecule has 0 saturated carbocycles. The van der Waals surface area contributed by atoms with Crippen molar-refractivity contribution in [2.24, 2.45) is 0 Å². The third kappa shape index (κ3) is 3.65. The topological polar surface area (TPSA) is 72.0 Å². The fourth-order valence-corrected chi connectivity index (χ4v) is 3.42. The first-order chi connectivity index (χ1) is 14.3. The Balaban J connectivity index is 1.87. The lowest BCUT2D eigenvalue weighted by atomic mass is 10.1. The van der Waals surface area contributed by atoms with Crippen LogP contribution >= 0.6 is 23.2 Å². The maximum absolute atomic E-state index is 14.0. The van der Waals surface area contributed by atoms with Crippen LogP contribution in [0.4, 0.5) is 8.78 Å². The van der Waals surface area contributed by atoms with Crippen LogP contribution in [0.25, 0.3) is 22.3 Å². The quantitative estimate of drug-likeness (QED) is 0.338. The van der Waals surface area contributed by atoms with Crippen LogP contribution in [0.5, 0.6) is 5.75 Å². The van der Waals surface area contributed by atoms with Crippen LogP contribution in [-0.2, 0) is 0 Å². The summed E-state index contributed by atoms with van der Waals surface area (Å²) in [6.07, 6.45) is 0. The number of benzene rings is 3. The third-order valence-electron chi connectivity index (χ3n) is 4.24. The lowest BCUT2D eigenvalue weighted by molar-refractivity contribution is 0.0725. The number of ether oxygens (including phenoxy) is 1. The molecule has 5 nitrogen and oxygen atoms in total. The lowest BCUT2D eigenvalue weighted by Gasteiger charge is -2.13. The molecule has 1 N–H and O–H groups in total. The molecular weight excluding hydrogens is 437 g/mol. The van der Waals surface area contributed by atoms with Gasteiger partial charge in [0.2, 0.25) is 0 Å². The van der Waals surface area contributed by atoms with Gasteiger partial charge in [-0.05, 0) is 36.4 Å². The van der Waals surface area contributed by atoms with E-state index in [-0.39, 0.29) is 27.2 Å². The molecule has 0 saturated heterocycles. The minimum absolute atomic E-state index is 0.0138. The van der Waals surface area contributed by atoms with Gasteiger partial charge < -0.3 is 9.72 Å². The van der Waals surface area contributed by atoms with E-state index in [9.17, 15) is 18.4 Å². The number of hydrogen-bond donors (Lipinski definition) is 1. The maximum Gasteiger partial charge on any atom is 0.349 e. The minimum atomic E-state index is -1.31. The number of hydrogen-bond acceptors (Lipinski definition) is 4. The number of aromatic amines is 1. The number of H-pyrrole nitrogens is 1. The van der Waals surface area contributed by atoms with Crippen molar-refractivity contribution in [2.75, 3.05) is 0 Å². The number of carbonyl (C=O) groups excluding carboxylic acids is 1. The van der Waals surface area contributed by atoms with Gasteiger partial charge >= 0.3 is 5.97 Å². The second kappa shape index (κ2) is 7.85. The highest BCUT2D eigenvalue weighted by atomic mass is 35.5. The summed E-state index contributed by atoms with van der Waals surface area (Å²) in [6.45, 7) is 0. The number of aromatic nitrogens is 2. The Bertz CT molecular complexity index is 1350. The Labute approximate surface area is 177 Å². The fourth-order valence-electron chi connectivity index (χ4n) is 2.89. The highest BCUT2D eigenvalue weighted by Gasteiger charge is 2.23. The van der Waals surface area contributed by atoms with Crippen molar-refractivity contribution >= 4 is 40.1 Å². The molecule has 4 rings (SSSR count). The average Bonchev–Trinajstić information content (AvgIpc) is 2.69. The summed E-state index contributed by atoms with van der Waals surface area (Å²) in [5.74, 6) is -3.74. The number of carbonyl (C=O) groups is 1. The number of nitrogens with one attached hydrogen (secondary N) is 1. The van der Waals surface area contributed by atoms with E-state index in [0.29, 0.717) is 10.9 Å². The zero-order chi connectivity index (χ0) is 21.4. The number of nitrogens with zero attached hydrogens (tertiary/aromatic N) is 1. The Morgan fingerprint density at radius 2 is 1.70 bits per heavy atom. The van der Waals surface area contributed by atoms with Gasteiger partial charge in [-0.1, -0.05) is 41.4 Å². The van der Waals surface area contributed by atoms with E-state index < -0.39 is 28.7 Å². The normalized spacial score (nSPS) is 10.9. The molecule has 0 spiro atoms. The predicted molar refractivity (Wildman–Crippen MR) is 109 cm³/mol. The lowest BCUT2D eigenvalue weighted by Crippen LogP contribution is -2.15. The molecule has 3 aromatic carbocycles. The van der Waals surface area contributed by atoms with Crippen molar-refractivity contribution in [1.82, 2.24) is 9.97 Å². The predicted octanol–water partition coefficient (Wildman–Crippen LogP) is 5.39. The van der Waals surface area contributed by atoms with Gasteiger partial charge in [0, 0.05) is 5.02 Å². The standard InChI is InChI=1S/C21H10Cl2F2N2O3/c22-10-8-12(19-26-16-7-2-1-4-11(16)20(28)27-19)18(13(23)9-10)30-21(29)17-14(24)5-3-6-15(17)25/h1-9H,(H,26,27,28). The SMILES string of the molecule is O=C(Oc1c(Cl)cc(Cl)cc1-c1nc2ccccc2c(=O)[nH]1)c1c(F)cccc1F. The average molecular weight is 447 g/mol. The molecule has 0 aliphatic carbocycles. The smallest absolute Gasteiger partial charge is 0.349 e. The van der Waals surface area contributed by atoms with Crippen molar-refractivity contribution in [1.29, 1.82) is 0 Å². The number of halogens is 4. The van der Waals surface area contributed by atoms with E-state index in [2.05, 4.69) is 9.97 Å². The molecule has 0 bridgehead atoms. The summed E-state index contributed by atoms with van der Waals surface area (Å²) in [7, 11) is 0. The molecule has 0 aliphatic rings. The Kier molecular flexibility index (Phi) is 5.24. The van der Waals surface area contributed by atoms with Crippen molar-refractivity contribution in [3.63, 3.8) is 0 Å². The maximum atomic E-state index is 14.0. The van der Waals surface area contributed by atoms with Gasteiger partial charge in [-0.15, -0.1) is 0 Å². The van der Waals surface area contributed by atoms with E-state index in [1.807, 2.05) is 0 Å². The summed E-state index contributed by atoms with van der Waals surface area (Å²) in [5, 5.41) is 0.405. The second-order valence-electron chi connectivity index (χ2n) is 6.18. The second-order valence-corrected chi connectivity index (χ2v) is 7.03. The third-order valence-corrected chi connectivity index (χ3v) is 4.74. The number of esters is 1. The molecule has 1 aromatic heterocycles. The first kappa shape index (κ1) is 20.0.